The molecule has 2 aliphatic heterocycles. The molecule has 2 heterocycles. The lowest BCUT2D eigenvalue weighted by Crippen LogP contribution is -2.39. The zero-order valence-electron chi connectivity index (χ0n) is 16.3. The van der Waals surface area contributed by atoms with Crippen molar-refractivity contribution in [2.24, 2.45) is 11.8 Å². The summed E-state index contributed by atoms with van der Waals surface area (Å²) in [6, 6.07) is 0. The summed E-state index contributed by atoms with van der Waals surface area (Å²) in [4.78, 5) is 14.9. The van der Waals surface area contributed by atoms with Crippen LogP contribution in [0.2, 0.25) is 0 Å². The Morgan fingerprint density at radius 3 is 2.54 bits per heavy atom. The molecule has 26 heavy (non-hydrogen) atoms. The lowest BCUT2D eigenvalue weighted by atomic mass is 9.90. The highest BCUT2D eigenvalue weighted by Gasteiger charge is 2.31. The molecule has 0 aromatic carbocycles. The molecule has 6 nitrogen and oxygen atoms in total. The molecule has 1 N–H and O–H groups in total. The molecular weight excluding hydrogens is 334 g/mol. The summed E-state index contributed by atoms with van der Waals surface area (Å²) in [5.41, 5.74) is 0. The normalized spacial score (nSPS) is 24.6. The van der Waals surface area contributed by atoms with Crippen LogP contribution in [0.5, 0.6) is 0 Å². The van der Waals surface area contributed by atoms with Gasteiger partial charge in [0, 0.05) is 19.5 Å². The van der Waals surface area contributed by atoms with Crippen LogP contribution < -0.4 is 0 Å². The second kappa shape index (κ2) is 11.6. The Morgan fingerprint density at radius 2 is 1.88 bits per heavy atom. The highest BCUT2D eigenvalue weighted by molar-refractivity contribution is 5.91. The van der Waals surface area contributed by atoms with Crippen molar-refractivity contribution in [2.75, 3.05) is 39.5 Å². The molecule has 0 saturated carbocycles. The first-order valence-electron chi connectivity index (χ1n) is 10.1. The van der Waals surface area contributed by atoms with Crippen molar-refractivity contribution in [3.63, 3.8) is 0 Å². The number of hydrogen-bond donors (Lipinski definition) is 1. The van der Waals surface area contributed by atoms with Crippen molar-refractivity contribution in [2.45, 2.75) is 58.7 Å². The van der Waals surface area contributed by atoms with Gasteiger partial charge in [-0.3, -0.25) is 4.79 Å². The minimum atomic E-state index is -0.418. The first kappa shape index (κ1) is 21.2. The molecule has 6 heteroatoms. The number of allylic oxidation sites excluding steroid dienone is 1. The van der Waals surface area contributed by atoms with Crippen molar-refractivity contribution in [1.29, 1.82) is 0 Å². The number of aliphatic hydroxyl groups excluding tert-OH is 1. The third-order valence-corrected chi connectivity index (χ3v) is 5.07. The summed E-state index contributed by atoms with van der Waals surface area (Å²) >= 11 is 0. The Balaban J connectivity index is 1.94. The lowest BCUT2D eigenvalue weighted by Gasteiger charge is -2.33. The van der Waals surface area contributed by atoms with Crippen LogP contribution in [0.4, 0.5) is 0 Å². The molecule has 1 amide bonds. The third-order valence-electron chi connectivity index (χ3n) is 5.07. The average Bonchev–Trinajstić information content (AvgIpc) is 2.60. The number of likely N-dealkylation sites (tertiary alicyclic amines) is 1. The van der Waals surface area contributed by atoms with E-state index in [1.54, 1.807) is 0 Å². The van der Waals surface area contributed by atoms with E-state index >= 15 is 0 Å². The van der Waals surface area contributed by atoms with Gasteiger partial charge in [0.15, 0.2) is 5.76 Å². The number of nitrogens with zero attached hydrogens (tertiary/aromatic N) is 1. The maximum Gasteiger partial charge on any atom is 0.288 e. The predicted molar refractivity (Wildman–Crippen MR) is 99.4 cm³/mol. The van der Waals surface area contributed by atoms with Gasteiger partial charge in [0.2, 0.25) is 6.29 Å². The molecule has 0 aliphatic carbocycles. The number of carbonyl (C=O) groups excluding carboxylic acids is 1. The molecule has 0 bridgehead atoms. The average molecular weight is 370 g/mol. The number of aliphatic hydroxyl groups is 1. The topological polar surface area (TPSA) is 68.2 Å². The van der Waals surface area contributed by atoms with Crippen LogP contribution in [0.3, 0.4) is 0 Å². The molecule has 150 valence electrons. The van der Waals surface area contributed by atoms with E-state index < -0.39 is 6.29 Å². The molecule has 1 saturated heterocycles. The van der Waals surface area contributed by atoms with Crippen molar-refractivity contribution in [3.05, 3.63) is 11.8 Å². The summed E-state index contributed by atoms with van der Waals surface area (Å²) < 4.78 is 16.9. The molecule has 0 aromatic rings. The molecule has 2 rings (SSSR count). The zero-order chi connectivity index (χ0) is 18.8. The van der Waals surface area contributed by atoms with Gasteiger partial charge in [-0.05, 0) is 30.8 Å². The van der Waals surface area contributed by atoms with E-state index in [1.165, 1.54) is 19.3 Å². The number of rotatable bonds is 8. The Bertz CT molecular complexity index is 443. The molecule has 2 atom stereocenters. The van der Waals surface area contributed by atoms with Gasteiger partial charge in [-0.1, -0.05) is 33.1 Å². The number of amides is 1. The zero-order valence-corrected chi connectivity index (χ0v) is 16.3. The Hall–Kier alpha value is -1.11. The van der Waals surface area contributed by atoms with Crippen LogP contribution in [0.25, 0.3) is 0 Å². The van der Waals surface area contributed by atoms with Crippen LogP contribution in [-0.2, 0) is 19.0 Å². The van der Waals surface area contributed by atoms with Crippen molar-refractivity contribution in [3.8, 4) is 0 Å². The second-order valence-corrected chi connectivity index (χ2v) is 7.49. The summed E-state index contributed by atoms with van der Waals surface area (Å²) in [5, 5.41) is 8.73. The van der Waals surface area contributed by atoms with Crippen LogP contribution in [0, 0.1) is 11.8 Å². The van der Waals surface area contributed by atoms with Gasteiger partial charge in [-0.15, -0.1) is 0 Å². The third kappa shape index (κ3) is 6.89. The van der Waals surface area contributed by atoms with E-state index in [-0.39, 0.29) is 18.4 Å². The first-order valence-corrected chi connectivity index (χ1v) is 10.1. The minimum Gasteiger partial charge on any atom is -0.459 e. The van der Waals surface area contributed by atoms with Crippen molar-refractivity contribution >= 4 is 5.91 Å². The van der Waals surface area contributed by atoms with E-state index in [0.717, 1.165) is 32.4 Å². The maximum absolute atomic E-state index is 13.0. The van der Waals surface area contributed by atoms with Crippen LogP contribution in [0.1, 0.15) is 52.4 Å². The van der Waals surface area contributed by atoms with Gasteiger partial charge in [0.1, 0.15) is 0 Å². The Labute approximate surface area is 157 Å². The fourth-order valence-electron chi connectivity index (χ4n) is 3.41. The highest BCUT2D eigenvalue weighted by Crippen LogP contribution is 2.29. The lowest BCUT2D eigenvalue weighted by molar-refractivity contribution is -0.160. The largest absolute Gasteiger partial charge is 0.459 e. The molecule has 0 radical (unpaired) electrons. The first-order chi connectivity index (χ1) is 12.6. The summed E-state index contributed by atoms with van der Waals surface area (Å²) in [6.07, 6.45) is 8.10. The van der Waals surface area contributed by atoms with E-state index in [0.29, 0.717) is 31.5 Å². The standard InChI is InChI=1S/C20H35NO5/c1-16(2)17-14-18(20(23)21-8-6-4-3-5-7-9-21)26-19(15-17)25-13-12-24-11-10-22/h14,16-17,19,22H,3-13,15H2,1-2H3/t17-,19+/m1/s1. The molecule has 1 fully saturated rings. The van der Waals surface area contributed by atoms with Crippen LogP contribution in [0.15, 0.2) is 11.8 Å². The number of ether oxygens (including phenoxy) is 3. The van der Waals surface area contributed by atoms with Crippen LogP contribution >= 0.6 is 0 Å². The molecule has 0 aromatic heterocycles. The highest BCUT2D eigenvalue weighted by atomic mass is 16.7. The van der Waals surface area contributed by atoms with E-state index in [2.05, 4.69) is 13.8 Å². The van der Waals surface area contributed by atoms with Crippen LogP contribution in [-0.4, -0.2) is 61.7 Å². The fourth-order valence-corrected chi connectivity index (χ4v) is 3.41. The monoisotopic (exact) mass is 369 g/mol. The fraction of sp³-hybridized carbons (Fsp3) is 0.850. The van der Waals surface area contributed by atoms with Gasteiger partial charge in [0.05, 0.1) is 26.4 Å². The molecule has 2 aliphatic rings. The summed E-state index contributed by atoms with van der Waals surface area (Å²) in [6.45, 7) is 7.05. The number of carbonyl (C=O) groups is 1. The Morgan fingerprint density at radius 1 is 1.19 bits per heavy atom. The van der Waals surface area contributed by atoms with Gasteiger partial charge < -0.3 is 24.2 Å². The van der Waals surface area contributed by atoms with Crippen molar-refractivity contribution in [1.82, 2.24) is 4.90 Å². The molecule has 0 unspecified atom stereocenters. The maximum atomic E-state index is 13.0. The molecular formula is C20H35NO5. The van der Waals surface area contributed by atoms with Gasteiger partial charge in [-0.25, -0.2) is 0 Å². The van der Waals surface area contributed by atoms with E-state index in [9.17, 15) is 4.79 Å². The van der Waals surface area contributed by atoms with Crippen molar-refractivity contribution < 1.29 is 24.1 Å². The van der Waals surface area contributed by atoms with Gasteiger partial charge in [0.25, 0.3) is 5.91 Å². The Kier molecular flexibility index (Phi) is 9.43. The smallest absolute Gasteiger partial charge is 0.288 e. The summed E-state index contributed by atoms with van der Waals surface area (Å²) in [7, 11) is 0. The van der Waals surface area contributed by atoms with E-state index in [1.807, 2.05) is 11.0 Å². The minimum absolute atomic E-state index is 0.00220. The van der Waals surface area contributed by atoms with Gasteiger partial charge in [-0.2, -0.15) is 0 Å². The summed E-state index contributed by atoms with van der Waals surface area (Å²) in [5.74, 6) is 1.13. The van der Waals surface area contributed by atoms with E-state index in [4.69, 9.17) is 19.3 Å². The number of hydrogen-bond acceptors (Lipinski definition) is 5. The molecule has 0 spiro atoms. The SMILES string of the molecule is CC(C)[C@@H]1C=C(C(=O)N2CCCCCCC2)O[C@H](OCCOCCO)C1. The van der Waals surface area contributed by atoms with Gasteiger partial charge >= 0.3 is 0 Å². The quantitative estimate of drug-likeness (QED) is 0.666. The predicted octanol–water partition coefficient (Wildman–Crippen LogP) is 2.71. The second-order valence-electron chi connectivity index (χ2n) is 7.49.